The largest absolute Gasteiger partial charge is 0.363 e. The van der Waals surface area contributed by atoms with E-state index in [9.17, 15) is 13.0 Å². The number of benzene rings is 3. The van der Waals surface area contributed by atoms with E-state index in [0.29, 0.717) is 23.1 Å². The lowest BCUT2D eigenvalue weighted by atomic mass is 10.1. The van der Waals surface area contributed by atoms with E-state index >= 15 is 0 Å². The number of hydrogen-bond acceptors (Lipinski definition) is 3. The molecule has 0 spiro atoms. The predicted octanol–water partition coefficient (Wildman–Crippen LogP) is 5.45. The van der Waals surface area contributed by atoms with Crippen molar-refractivity contribution in [2.24, 2.45) is 0 Å². The summed E-state index contributed by atoms with van der Waals surface area (Å²) in [6, 6.07) is 21.2. The molecule has 0 aliphatic rings. The third kappa shape index (κ3) is 5.47. The molecule has 0 radical (unpaired) electrons. The van der Waals surface area contributed by atoms with Crippen LogP contribution in [-0.2, 0) is 23.2 Å². The molecule has 0 bridgehead atoms. The SMILES string of the molecule is O=S(=O)(O)c1ccc(N(Cc2cccc(Cl)c2)Cc2cccc(Cl)c2)cc1. The summed E-state index contributed by atoms with van der Waals surface area (Å²) in [5.41, 5.74) is 2.84. The molecule has 0 fully saturated rings. The molecule has 3 aromatic carbocycles. The minimum atomic E-state index is -4.23. The number of rotatable bonds is 6. The maximum Gasteiger partial charge on any atom is 0.294 e. The van der Waals surface area contributed by atoms with Crippen LogP contribution >= 0.6 is 23.2 Å². The van der Waals surface area contributed by atoms with E-state index in [1.807, 2.05) is 48.5 Å². The lowest BCUT2D eigenvalue weighted by Crippen LogP contribution is -2.22. The van der Waals surface area contributed by atoms with E-state index < -0.39 is 10.1 Å². The summed E-state index contributed by atoms with van der Waals surface area (Å²) >= 11 is 12.2. The quantitative estimate of drug-likeness (QED) is 0.537. The Balaban J connectivity index is 1.93. The van der Waals surface area contributed by atoms with Gasteiger partial charge in [0.15, 0.2) is 0 Å². The topological polar surface area (TPSA) is 57.6 Å². The average Bonchev–Trinajstić information content (AvgIpc) is 2.61. The second-order valence-electron chi connectivity index (χ2n) is 6.08. The van der Waals surface area contributed by atoms with Crippen molar-refractivity contribution < 1.29 is 13.0 Å². The van der Waals surface area contributed by atoms with E-state index in [1.165, 1.54) is 12.1 Å². The molecule has 0 aliphatic heterocycles. The molecule has 0 heterocycles. The summed E-state index contributed by atoms with van der Waals surface area (Å²) < 4.78 is 31.7. The molecule has 3 aromatic rings. The summed E-state index contributed by atoms with van der Waals surface area (Å²) in [6.45, 7) is 1.14. The maximum atomic E-state index is 11.3. The summed E-state index contributed by atoms with van der Waals surface area (Å²) in [5, 5.41) is 1.30. The fraction of sp³-hybridized carbons (Fsp3) is 0.100. The van der Waals surface area contributed by atoms with Gasteiger partial charge in [0.25, 0.3) is 10.1 Å². The van der Waals surface area contributed by atoms with E-state index in [4.69, 9.17) is 23.2 Å². The third-order valence-electron chi connectivity index (χ3n) is 4.02. The van der Waals surface area contributed by atoms with Crippen molar-refractivity contribution in [1.29, 1.82) is 0 Å². The maximum absolute atomic E-state index is 11.3. The molecule has 4 nitrogen and oxygen atoms in total. The predicted molar refractivity (Wildman–Crippen MR) is 109 cm³/mol. The van der Waals surface area contributed by atoms with Gasteiger partial charge in [-0.2, -0.15) is 8.42 Å². The molecular weight excluding hydrogens is 405 g/mol. The Bertz CT molecular complexity index is 990. The summed E-state index contributed by atoms with van der Waals surface area (Å²) in [5.74, 6) is 0. The van der Waals surface area contributed by atoms with Crippen LogP contribution in [0.2, 0.25) is 10.0 Å². The van der Waals surface area contributed by atoms with Crippen molar-refractivity contribution in [3.05, 3.63) is 94.0 Å². The van der Waals surface area contributed by atoms with Crippen LogP contribution in [-0.4, -0.2) is 13.0 Å². The monoisotopic (exact) mass is 421 g/mol. The number of halogens is 2. The van der Waals surface area contributed by atoms with Crippen molar-refractivity contribution in [2.45, 2.75) is 18.0 Å². The first-order chi connectivity index (χ1) is 12.8. The summed E-state index contributed by atoms with van der Waals surface area (Å²) in [4.78, 5) is 1.93. The molecule has 27 heavy (non-hydrogen) atoms. The zero-order valence-corrected chi connectivity index (χ0v) is 16.5. The smallest absolute Gasteiger partial charge is 0.294 e. The van der Waals surface area contributed by atoms with Crippen LogP contribution in [0.25, 0.3) is 0 Å². The summed E-state index contributed by atoms with van der Waals surface area (Å²) in [7, 11) is -4.23. The van der Waals surface area contributed by atoms with Gasteiger partial charge in [0.1, 0.15) is 0 Å². The molecule has 140 valence electrons. The normalized spacial score (nSPS) is 11.4. The first kappa shape index (κ1) is 19.7. The minimum absolute atomic E-state index is 0.142. The number of anilines is 1. The minimum Gasteiger partial charge on any atom is -0.363 e. The van der Waals surface area contributed by atoms with E-state index in [0.717, 1.165) is 16.8 Å². The molecule has 1 N–H and O–H groups in total. The van der Waals surface area contributed by atoms with Crippen LogP contribution in [0.5, 0.6) is 0 Å². The van der Waals surface area contributed by atoms with Crippen LogP contribution in [0.1, 0.15) is 11.1 Å². The van der Waals surface area contributed by atoms with Crippen LogP contribution < -0.4 is 4.90 Å². The highest BCUT2D eigenvalue weighted by Crippen LogP contribution is 2.24. The Hall–Kier alpha value is -2.05. The van der Waals surface area contributed by atoms with Gasteiger partial charge in [0.2, 0.25) is 0 Å². The van der Waals surface area contributed by atoms with Crippen molar-refractivity contribution in [3.8, 4) is 0 Å². The summed E-state index contributed by atoms with van der Waals surface area (Å²) in [6.07, 6.45) is 0. The van der Waals surface area contributed by atoms with Crippen LogP contribution in [0.4, 0.5) is 5.69 Å². The Kier molecular flexibility index (Phi) is 6.07. The van der Waals surface area contributed by atoms with Gasteiger partial charge in [-0.25, -0.2) is 0 Å². The fourth-order valence-corrected chi connectivity index (χ4v) is 3.68. The molecule has 0 unspecified atom stereocenters. The zero-order valence-electron chi connectivity index (χ0n) is 14.2. The van der Waals surface area contributed by atoms with Gasteiger partial charge in [0, 0.05) is 28.8 Å². The average molecular weight is 422 g/mol. The second kappa shape index (κ2) is 8.31. The molecular formula is C20H17Cl2NO3S. The molecule has 0 aromatic heterocycles. The van der Waals surface area contributed by atoms with Crippen molar-refractivity contribution >= 4 is 39.0 Å². The Morgan fingerprint density at radius 1 is 0.778 bits per heavy atom. The van der Waals surface area contributed by atoms with Gasteiger partial charge < -0.3 is 4.90 Å². The Labute approximate surface area is 168 Å². The van der Waals surface area contributed by atoms with Crippen LogP contribution in [0.15, 0.2) is 77.7 Å². The molecule has 3 rings (SSSR count). The van der Waals surface area contributed by atoms with Crippen LogP contribution in [0.3, 0.4) is 0 Å². The molecule has 0 amide bonds. The van der Waals surface area contributed by atoms with Gasteiger partial charge in [0.05, 0.1) is 4.90 Å². The highest BCUT2D eigenvalue weighted by atomic mass is 35.5. The van der Waals surface area contributed by atoms with E-state index in [1.54, 1.807) is 12.1 Å². The molecule has 0 atom stereocenters. The first-order valence-corrected chi connectivity index (χ1v) is 10.3. The zero-order chi connectivity index (χ0) is 19.4. The fourth-order valence-electron chi connectivity index (χ4n) is 2.78. The lowest BCUT2D eigenvalue weighted by molar-refractivity contribution is 0.483. The Morgan fingerprint density at radius 2 is 1.26 bits per heavy atom. The van der Waals surface area contributed by atoms with Crippen molar-refractivity contribution in [3.63, 3.8) is 0 Å². The highest BCUT2D eigenvalue weighted by molar-refractivity contribution is 7.85. The van der Waals surface area contributed by atoms with Gasteiger partial charge >= 0.3 is 0 Å². The Morgan fingerprint density at radius 3 is 1.67 bits per heavy atom. The van der Waals surface area contributed by atoms with Crippen LogP contribution in [0, 0.1) is 0 Å². The molecule has 7 heteroatoms. The first-order valence-electron chi connectivity index (χ1n) is 8.13. The molecule has 0 saturated carbocycles. The van der Waals surface area contributed by atoms with Gasteiger partial charge in [-0.05, 0) is 59.7 Å². The van der Waals surface area contributed by atoms with Gasteiger partial charge in [-0.3, -0.25) is 4.55 Å². The van der Waals surface area contributed by atoms with Gasteiger partial charge in [-0.1, -0.05) is 47.5 Å². The third-order valence-corrected chi connectivity index (χ3v) is 5.36. The number of hydrogen-bond donors (Lipinski definition) is 1. The molecule has 0 saturated heterocycles. The van der Waals surface area contributed by atoms with Gasteiger partial charge in [-0.15, -0.1) is 0 Å². The standard InChI is InChI=1S/C20H17Cl2NO3S/c21-17-5-1-3-15(11-17)13-23(14-16-4-2-6-18(22)12-16)19-7-9-20(10-8-19)27(24,25)26/h1-12H,13-14H2,(H,24,25,26). The second-order valence-corrected chi connectivity index (χ2v) is 8.38. The van der Waals surface area contributed by atoms with E-state index in [2.05, 4.69) is 4.90 Å². The van der Waals surface area contributed by atoms with Crippen molar-refractivity contribution in [1.82, 2.24) is 0 Å². The van der Waals surface area contributed by atoms with E-state index in [-0.39, 0.29) is 4.90 Å². The van der Waals surface area contributed by atoms with Crippen molar-refractivity contribution in [2.75, 3.05) is 4.90 Å². The number of nitrogens with zero attached hydrogens (tertiary/aromatic N) is 1. The highest BCUT2D eigenvalue weighted by Gasteiger charge is 2.13. The molecule has 0 aliphatic carbocycles. The lowest BCUT2D eigenvalue weighted by Gasteiger charge is -2.25.